The zero-order chi connectivity index (χ0) is 8.10. The first-order valence-electron chi connectivity index (χ1n) is 4.09. The van der Waals surface area contributed by atoms with Gasteiger partial charge in [0, 0.05) is 13.2 Å². The molecule has 4 nitrogen and oxygen atoms in total. The van der Waals surface area contributed by atoms with Crippen LogP contribution in [0.1, 0.15) is 25.7 Å². The molecule has 0 aliphatic carbocycles. The van der Waals surface area contributed by atoms with Crippen LogP contribution in [0.25, 0.3) is 0 Å². The minimum absolute atomic E-state index is 0.149. The molecule has 0 bridgehead atoms. The molecule has 11 heavy (non-hydrogen) atoms. The van der Waals surface area contributed by atoms with E-state index in [-0.39, 0.29) is 12.6 Å². The van der Waals surface area contributed by atoms with Crippen molar-refractivity contribution in [3.8, 4) is 0 Å². The van der Waals surface area contributed by atoms with E-state index >= 15 is 0 Å². The van der Waals surface area contributed by atoms with Crippen LogP contribution in [0.15, 0.2) is 5.29 Å². The average molecular weight is 158 g/mol. The predicted molar refractivity (Wildman–Crippen MR) is 41.8 cm³/mol. The van der Waals surface area contributed by atoms with Crippen LogP contribution in [0, 0.1) is 4.91 Å². The highest BCUT2D eigenvalue weighted by molar-refractivity contribution is 4.73. The quantitative estimate of drug-likeness (QED) is 0.621. The number of piperidine rings is 1. The molecule has 0 aromatic rings. The van der Waals surface area contributed by atoms with E-state index in [0.717, 1.165) is 25.8 Å². The highest BCUT2D eigenvalue weighted by atomic mass is 16.3. The van der Waals surface area contributed by atoms with Gasteiger partial charge in [-0.15, -0.1) is 4.91 Å². The molecule has 0 aromatic heterocycles. The van der Waals surface area contributed by atoms with Gasteiger partial charge in [-0.05, 0) is 25.7 Å². The molecule has 1 unspecified atom stereocenters. The molecule has 1 saturated heterocycles. The summed E-state index contributed by atoms with van der Waals surface area (Å²) in [7, 11) is 0. The van der Waals surface area contributed by atoms with Crippen molar-refractivity contribution < 1.29 is 5.11 Å². The maximum absolute atomic E-state index is 10.2. The Morgan fingerprint density at radius 1 is 1.55 bits per heavy atom. The second kappa shape index (κ2) is 4.28. The first kappa shape index (κ1) is 8.46. The van der Waals surface area contributed by atoms with E-state index in [1.165, 1.54) is 0 Å². The molecule has 0 saturated carbocycles. The normalized spacial score (nSPS) is 25.2. The van der Waals surface area contributed by atoms with Crippen LogP contribution >= 0.6 is 0 Å². The van der Waals surface area contributed by atoms with Crippen LogP contribution in [-0.2, 0) is 0 Å². The second-order valence-corrected chi connectivity index (χ2v) is 2.91. The third-order valence-corrected chi connectivity index (χ3v) is 2.16. The lowest BCUT2D eigenvalue weighted by Crippen LogP contribution is -2.35. The van der Waals surface area contributed by atoms with Gasteiger partial charge in [0.1, 0.15) is 0 Å². The van der Waals surface area contributed by atoms with Gasteiger partial charge in [-0.25, -0.2) is 0 Å². The molecule has 1 rings (SSSR count). The zero-order valence-corrected chi connectivity index (χ0v) is 6.57. The monoisotopic (exact) mass is 158 g/mol. The van der Waals surface area contributed by atoms with E-state index in [1.807, 2.05) is 0 Å². The zero-order valence-electron chi connectivity index (χ0n) is 6.57. The summed E-state index contributed by atoms with van der Waals surface area (Å²) >= 11 is 0. The molecule has 1 aliphatic rings. The lowest BCUT2D eigenvalue weighted by atomic mass is 10.0. The van der Waals surface area contributed by atoms with E-state index in [1.54, 1.807) is 5.01 Å². The summed E-state index contributed by atoms with van der Waals surface area (Å²) in [5.41, 5.74) is 0. The Labute approximate surface area is 66.1 Å². The van der Waals surface area contributed by atoms with Crippen LogP contribution < -0.4 is 0 Å². The van der Waals surface area contributed by atoms with Gasteiger partial charge in [0.25, 0.3) is 0 Å². The van der Waals surface area contributed by atoms with Crippen molar-refractivity contribution in [2.75, 3.05) is 13.2 Å². The van der Waals surface area contributed by atoms with Gasteiger partial charge in [0.05, 0.1) is 11.3 Å². The smallest absolute Gasteiger partial charge is 0.0526 e. The van der Waals surface area contributed by atoms with Crippen molar-refractivity contribution in [2.24, 2.45) is 5.29 Å². The van der Waals surface area contributed by atoms with Gasteiger partial charge < -0.3 is 5.11 Å². The molecule has 0 amide bonds. The van der Waals surface area contributed by atoms with Crippen LogP contribution in [0.4, 0.5) is 0 Å². The van der Waals surface area contributed by atoms with Crippen LogP contribution in [-0.4, -0.2) is 29.3 Å². The van der Waals surface area contributed by atoms with Gasteiger partial charge in [-0.2, -0.15) is 0 Å². The van der Waals surface area contributed by atoms with Crippen molar-refractivity contribution in [1.29, 1.82) is 0 Å². The van der Waals surface area contributed by atoms with Gasteiger partial charge in [-0.1, -0.05) is 0 Å². The van der Waals surface area contributed by atoms with Gasteiger partial charge in [0.15, 0.2) is 0 Å². The molecule has 0 radical (unpaired) electrons. The van der Waals surface area contributed by atoms with Gasteiger partial charge in [-0.3, -0.25) is 5.01 Å². The number of rotatable bonds is 3. The third-order valence-electron chi connectivity index (χ3n) is 2.16. The Morgan fingerprint density at radius 2 is 2.36 bits per heavy atom. The Hall–Kier alpha value is -0.640. The fourth-order valence-corrected chi connectivity index (χ4v) is 1.54. The number of aliphatic hydroxyl groups excluding tert-OH is 1. The summed E-state index contributed by atoms with van der Waals surface area (Å²) in [5.74, 6) is 0. The fourth-order valence-electron chi connectivity index (χ4n) is 1.54. The maximum atomic E-state index is 10.2. The SMILES string of the molecule is O=NN1CCCCC1CCO. The number of nitrogens with zero attached hydrogens (tertiary/aromatic N) is 2. The van der Waals surface area contributed by atoms with Crippen molar-refractivity contribution in [1.82, 2.24) is 5.01 Å². The molecular weight excluding hydrogens is 144 g/mol. The molecular formula is C7H14N2O2. The summed E-state index contributed by atoms with van der Waals surface area (Å²) in [4.78, 5) is 10.2. The Morgan fingerprint density at radius 3 is 3.00 bits per heavy atom. The summed E-state index contributed by atoms with van der Waals surface area (Å²) in [6.07, 6.45) is 3.86. The van der Waals surface area contributed by atoms with E-state index in [9.17, 15) is 4.91 Å². The molecule has 1 fully saturated rings. The minimum atomic E-state index is 0.149. The minimum Gasteiger partial charge on any atom is -0.396 e. The Balaban J connectivity index is 2.37. The summed E-state index contributed by atoms with van der Waals surface area (Å²) in [6, 6.07) is 0.186. The first-order valence-corrected chi connectivity index (χ1v) is 4.09. The lowest BCUT2D eigenvalue weighted by molar-refractivity contribution is 0.121. The number of hydrogen-bond acceptors (Lipinski definition) is 3. The third kappa shape index (κ3) is 2.15. The maximum Gasteiger partial charge on any atom is 0.0526 e. The van der Waals surface area contributed by atoms with E-state index in [0.29, 0.717) is 6.42 Å². The standard InChI is InChI=1S/C7H14N2O2/c10-6-4-7-3-1-2-5-9(7)8-11/h7,10H,1-6H2. The van der Waals surface area contributed by atoms with Crippen LogP contribution in [0.2, 0.25) is 0 Å². The highest BCUT2D eigenvalue weighted by Crippen LogP contribution is 2.18. The van der Waals surface area contributed by atoms with Crippen molar-refractivity contribution >= 4 is 0 Å². The average Bonchev–Trinajstić information content (AvgIpc) is 2.06. The molecule has 0 spiro atoms. The van der Waals surface area contributed by atoms with Crippen molar-refractivity contribution in [3.05, 3.63) is 4.91 Å². The summed E-state index contributed by atoms with van der Waals surface area (Å²) < 4.78 is 0. The lowest BCUT2D eigenvalue weighted by Gasteiger charge is -2.29. The van der Waals surface area contributed by atoms with E-state index < -0.39 is 0 Å². The summed E-state index contributed by atoms with van der Waals surface area (Å²) in [5, 5.41) is 13.1. The molecule has 4 heteroatoms. The van der Waals surface area contributed by atoms with E-state index in [2.05, 4.69) is 5.29 Å². The van der Waals surface area contributed by atoms with Crippen LogP contribution in [0.3, 0.4) is 0 Å². The molecule has 1 aliphatic heterocycles. The first-order chi connectivity index (χ1) is 5.38. The number of nitroso groups, excluding NO2 is 1. The van der Waals surface area contributed by atoms with Crippen LogP contribution in [0.5, 0.6) is 0 Å². The van der Waals surface area contributed by atoms with Gasteiger partial charge >= 0.3 is 0 Å². The summed E-state index contributed by atoms with van der Waals surface area (Å²) in [6.45, 7) is 0.908. The largest absolute Gasteiger partial charge is 0.396 e. The molecule has 0 aromatic carbocycles. The molecule has 64 valence electrons. The van der Waals surface area contributed by atoms with Crippen molar-refractivity contribution in [3.63, 3.8) is 0 Å². The second-order valence-electron chi connectivity index (χ2n) is 2.91. The molecule has 1 atom stereocenters. The topological polar surface area (TPSA) is 52.9 Å². The number of hydrogen-bond donors (Lipinski definition) is 1. The molecule has 1 heterocycles. The fraction of sp³-hybridized carbons (Fsp3) is 1.00. The predicted octanol–water partition coefficient (Wildman–Crippen LogP) is 0.905. The highest BCUT2D eigenvalue weighted by Gasteiger charge is 2.20. The van der Waals surface area contributed by atoms with E-state index in [4.69, 9.17) is 5.11 Å². The van der Waals surface area contributed by atoms with Gasteiger partial charge in [0.2, 0.25) is 0 Å². The number of aliphatic hydroxyl groups is 1. The van der Waals surface area contributed by atoms with Crippen molar-refractivity contribution in [2.45, 2.75) is 31.7 Å². The Kier molecular flexibility index (Phi) is 3.29. The molecule has 1 N–H and O–H groups in total. The Bertz CT molecular complexity index is 128.